The second kappa shape index (κ2) is 4.57. The summed E-state index contributed by atoms with van der Waals surface area (Å²) in [5, 5.41) is 10.4. The predicted molar refractivity (Wildman–Crippen MR) is 66.7 cm³/mol. The summed E-state index contributed by atoms with van der Waals surface area (Å²) in [6.45, 7) is 1.71. The van der Waals surface area contributed by atoms with Crippen molar-refractivity contribution in [2.24, 2.45) is 0 Å². The highest BCUT2D eigenvalue weighted by atomic mass is 19.2. The molecule has 2 amide bonds. The van der Waals surface area contributed by atoms with Crippen molar-refractivity contribution in [3.05, 3.63) is 34.9 Å². The number of fused-ring (bicyclic) bond motifs is 1. The smallest absolute Gasteiger partial charge is 0.261 e. The molecular formula is C14H13F2NO4. The third-order valence-corrected chi connectivity index (χ3v) is 4.10. The van der Waals surface area contributed by atoms with Crippen LogP contribution < -0.4 is 0 Å². The van der Waals surface area contributed by atoms with E-state index < -0.39 is 35.2 Å². The molecule has 0 spiro atoms. The Kier molecular flexibility index (Phi) is 3.07. The van der Waals surface area contributed by atoms with Crippen LogP contribution in [0.4, 0.5) is 8.78 Å². The van der Waals surface area contributed by atoms with E-state index in [2.05, 4.69) is 0 Å². The van der Waals surface area contributed by atoms with Crippen LogP contribution in [0.1, 0.15) is 34.1 Å². The van der Waals surface area contributed by atoms with E-state index in [9.17, 15) is 23.5 Å². The number of aliphatic hydroxyl groups is 1. The second-order valence-electron chi connectivity index (χ2n) is 5.37. The van der Waals surface area contributed by atoms with Crippen LogP contribution >= 0.6 is 0 Å². The number of carbonyl (C=O) groups excluding carboxylic acids is 2. The number of hydrogen-bond acceptors (Lipinski definition) is 4. The van der Waals surface area contributed by atoms with Gasteiger partial charge in [0.25, 0.3) is 11.8 Å². The lowest BCUT2D eigenvalue weighted by Gasteiger charge is -2.29. The summed E-state index contributed by atoms with van der Waals surface area (Å²) in [6, 6.07) is 1.42. The summed E-state index contributed by atoms with van der Waals surface area (Å²) in [6.07, 6.45) is -0.250. The van der Waals surface area contributed by atoms with Gasteiger partial charge in [-0.1, -0.05) is 0 Å². The van der Waals surface area contributed by atoms with Gasteiger partial charge in [-0.3, -0.25) is 14.5 Å². The molecule has 0 aliphatic carbocycles. The largest absolute Gasteiger partial charge is 0.385 e. The SMILES string of the molecule is CC1OCCC1(O)CN1C(=O)c2cc(F)c(F)cc2C1=O. The minimum absolute atomic E-state index is 0.186. The van der Waals surface area contributed by atoms with Crippen molar-refractivity contribution in [3.8, 4) is 0 Å². The molecule has 3 rings (SSSR count). The Morgan fingerprint density at radius 1 is 1.29 bits per heavy atom. The highest BCUT2D eigenvalue weighted by Crippen LogP contribution is 2.31. The molecule has 1 saturated heterocycles. The topological polar surface area (TPSA) is 66.8 Å². The highest BCUT2D eigenvalue weighted by molar-refractivity contribution is 6.21. The molecule has 0 radical (unpaired) electrons. The average Bonchev–Trinajstić information content (AvgIpc) is 2.86. The van der Waals surface area contributed by atoms with Gasteiger partial charge in [0.15, 0.2) is 11.6 Å². The van der Waals surface area contributed by atoms with E-state index in [0.717, 1.165) is 4.90 Å². The van der Waals surface area contributed by atoms with Gasteiger partial charge in [0, 0.05) is 13.0 Å². The Labute approximate surface area is 119 Å². The van der Waals surface area contributed by atoms with Crippen LogP contribution in [0.25, 0.3) is 0 Å². The Morgan fingerprint density at radius 2 is 1.81 bits per heavy atom. The van der Waals surface area contributed by atoms with Gasteiger partial charge in [-0.25, -0.2) is 8.78 Å². The van der Waals surface area contributed by atoms with E-state index in [4.69, 9.17) is 4.74 Å². The maximum atomic E-state index is 13.2. The van der Waals surface area contributed by atoms with Crippen LogP contribution in [0.2, 0.25) is 0 Å². The molecule has 2 unspecified atom stereocenters. The van der Waals surface area contributed by atoms with Crippen molar-refractivity contribution in [2.45, 2.75) is 25.0 Å². The van der Waals surface area contributed by atoms with Gasteiger partial charge in [0.05, 0.1) is 23.8 Å². The minimum Gasteiger partial charge on any atom is -0.385 e. The second-order valence-corrected chi connectivity index (χ2v) is 5.37. The molecule has 1 N–H and O–H groups in total. The van der Waals surface area contributed by atoms with E-state index in [1.807, 2.05) is 0 Å². The van der Waals surface area contributed by atoms with Gasteiger partial charge in [0.2, 0.25) is 0 Å². The third kappa shape index (κ3) is 2.04. The molecule has 2 atom stereocenters. The van der Waals surface area contributed by atoms with Gasteiger partial charge in [-0.05, 0) is 19.1 Å². The van der Waals surface area contributed by atoms with Gasteiger partial charge < -0.3 is 9.84 Å². The zero-order valence-corrected chi connectivity index (χ0v) is 11.2. The van der Waals surface area contributed by atoms with E-state index >= 15 is 0 Å². The molecule has 1 aromatic carbocycles. The normalized spacial score (nSPS) is 28.4. The lowest BCUT2D eigenvalue weighted by atomic mass is 9.96. The molecule has 0 aromatic heterocycles. The molecule has 112 valence electrons. The summed E-state index contributed by atoms with van der Waals surface area (Å²) in [4.78, 5) is 25.2. The number of amides is 2. The number of halogens is 2. The number of carbonyl (C=O) groups is 2. The molecule has 1 fully saturated rings. The number of rotatable bonds is 2. The number of ether oxygens (including phenoxy) is 1. The number of hydrogen-bond donors (Lipinski definition) is 1. The Morgan fingerprint density at radius 3 is 2.24 bits per heavy atom. The van der Waals surface area contributed by atoms with Gasteiger partial charge in [0.1, 0.15) is 5.60 Å². The van der Waals surface area contributed by atoms with Crippen LogP contribution in [0.3, 0.4) is 0 Å². The highest BCUT2D eigenvalue weighted by Gasteiger charge is 2.46. The summed E-state index contributed by atoms with van der Waals surface area (Å²) < 4.78 is 31.7. The van der Waals surface area contributed by atoms with Crippen LogP contribution in [0, 0.1) is 11.6 Å². The standard InChI is InChI=1S/C14H13F2NO4/c1-7-14(20,2-3-21-7)6-17-12(18)8-4-10(15)11(16)5-9(8)13(17)19/h4-5,7,20H,2-3,6H2,1H3. The summed E-state index contributed by atoms with van der Waals surface area (Å²) in [5.74, 6) is -3.84. The van der Waals surface area contributed by atoms with E-state index in [0.29, 0.717) is 18.7 Å². The van der Waals surface area contributed by atoms with Gasteiger partial charge in [-0.2, -0.15) is 0 Å². The molecule has 1 aromatic rings. The van der Waals surface area contributed by atoms with Crippen LogP contribution in [-0.4, -0.2) is 46.7 Å². The monoisotopic (exact) mass is 297 g/mol. The number of nitrogens with zero attached hydrogens (tertiary/aromatic N) is 1. The average molecular weight is 297 g/mol. The minimum atomic E-state index is -1.34. The summed E-state index contributed by atoms with van der Waals surface area (Å²) >= 11 is 0. The third-order valence-electron chi connectivity index (χ3n) is 4.10. The van der Waals surface area contributed by atoms with Crippen molar-refractivity contribution in [2.75, 3.05) is 13.2 Å². The number of imide groups is 1. The van der Waals surface area contributed by atoms with Crippen LogP contribution in [0.15, 0.2) is 12.1 Å². The van der Waals surface area contributed by atoms with Gasteiger partial charge in [-0.15, -0.1) is 0 Å². The molecule has 21 heavy (non-hydrogen) atoms. The zero-order chi connectivity index (χ0) is 15.4. The Bertz CT molecular complexity index is 607. The fourth-order valence-electron chi connectivity index (χ4n) is 2.68. The van der Waals surface area contributed by atoms with Crippen LogP contribution in [0.5, 0.6) is 0 Å². The maximum absolute atomic E-state index is 13.2. The maximum Gasteiger partial charge on any atom is 0.261 e. The molecular weight excluding hydrogens is 284 g/mol. The first-order valence-corrected chi connectivity index (χ1v) is 6.53. The lowest BCUT2D eigenvalue weighted by molar-refractivity contribution is -0.0405. The molecule has 2 aliphatic heterocycles. The summed E-state index contributed by atoms with van der Waals surface area (Å²) in [7, 11) is 0. The fraction of sp³-hybridized carbons (Fsp3) is 0.429. The number of benzene rings is 1. The van der Waals surface area contributed by atoms with E-state index in [1.54, 1.807) is 6.92 Å². The van der Waals surface area contributed by atoms with Crippen LogP contribution in [-0.2, 0) is 4.74 Å². The number of β-amino-alcohol motifs (C(OH)–C–C–N with tert-alkyl or cyclic N) is 1. The Balaban J connectivity index is 1.93. The fourth-order valence-corrected chi connectivity index (χ4v) is 2.68. The quantitative estimate of drug-likeness (QED) is 0.830. The van der Waals surface area contributed by atoms with E-state index in [1.165, 1.54) is 0 Å². The molecule has 7 heteroatoms. The molecule has 0 saturated carbocycles. The molecule has 5 nitrogen and oxygen atoms in total. The van der Waals surface area contributed by atoms with Gasteiger partial charge >= 0.3 is 0 Å². The lowest BCUT2D eigenvalue weighted by Crippen LogP contribution is -2.49. The van der Waals surface area contributed by atoms with Crippen molar-refractivity contribution >= 4 is 11.8 Å². The van der Waals surface area contributed by atoms with Crippen molar-refractivity contribution in [1.82, 2.24) is 4.90 Å². The first-order chi connectivity index (χ1) is 9.83. The Hall–Kier alpha value is -1.86. The van der Waals surface area contributed by atoms with Crippen molar-refractivity contribution in [3.63, 3.8) is 0 Å². The first-order valence-electron chi connectivity index (χ1n) is 6.53. The molecule has 0 bridgehead atoms. The van der Waals surface area contributed by atoms with Crippen molar-refractivity contribution < 1.29 is 28.2 Å². The molecule has 2 aliphatic rings. The predicted octanol–water partition coefficient (Wildman–Crippen LogP) is 1.10. The van der Waals surface area contributed by atoms with E-state index in [-0.39, 0.29) is 24.1 Å². The van der Waals surface area contributed by atoms with Crippen molar-refractivity contribution in [1.29, 1.82) is 0 Å². The first kappa shape index (κ1) is 14.1. The molecule has 2 heterocycles. The zero-order valence-electron chi connectivity index (χ0n) is 11.2. The summed E-state index contributed by atoms with van der Waals surface area (Å²) in [5.41, 5.74) is -1.71.